The van der Waals surface area contributed by atoms with Gasteiger partial charge in [0.25, 0.3) is 0 Å². The number of halogens is 1. The van der Waals surface area contributed by atoms with Crippen LogP contribution in [0.4, 0.5) is 5.69 Å². The summed E-state index contributed by atoms with van der Waals surface area (Å²) < 4.78 is 32.1. The van der Waals surface area contributed by atoms with E-state index < -0.39 is 10.0 Å². The van der Waals surface area contributed by atoms with Crippen molar-refractivity contribution in [1.82, 2.24) is 4.31 Å². The molecule has 1 aromatic rings. The van der Waals surface area contributed by atoms with Crippen LogP contribution in [0.1, 0.15) is 26.7 Å². The zero-order valence-corrected chi connectivity index (χ0v) is 15.5. The highest BCUT2D eigenvalue weighted by Crippen LogP contribution is 2.28. The third-order valence-electron chi connectivity index (χ3n) is 3.96. The Morgan fingerprint density at radius 1 is 1.38 bits per heavy atom. The van der Waals surface area contributed by atoms with E-state index in [1.807, 2.05) is 13.8 Å². The van der Waals surface area contributed by atoms with E-state index in [4.69, 9.17) is 16.3 Å². The molecule has 1 amide bonds. The van der Waals surface area contributed by atoms with Crippen LogP contribution in [0.15, 0.2) is 23.1 Å². The Morgan fingerprint density at radius 3 is 2.67 bits per heavy atom. The van der Waals surface area contributed by atoms with E-state index in [0.717, 1.165) is 12.8 Å². The van der Waals surface area contributed by atoms with Gasteiger partial charge in [-0.15, -0.1) is 0 Å². The lowest BCUT2D eigenvalue weighted by Crippen LogP contribution is -2.40. The minimum atomic E-state index is -3.71. The van der Waals surface area contributed by atoms with Crippen molar-refractivity contribution in [1.29, 1.82) is 0 Å². The number of ether oxygens (including phenoxy) is 1. The van der Waals surface area contributed by atoms with Crippen LogP contribution in [0.25, 0.3) is 0 Å². The minimum absolute atomic E-state index is 0.00649. The van der Waals surface area contributed by atoms with Crippen LogP contribution in [-0.2, 0) is 19.6 Å². The number of morpholine rings is 1. The van der Waals surface area contributed by atoms with E-state index in [1.165, 1.54) is 16.4 Å². The van der Waals surface area contributed by atoms with Crippen LogP contribution in [-0.4, -0.2) is 44.9 Å². The van der Waals surface area contributed by atoms with Gasteiger partial charge in [0.05, 0.1) is 18.2 Å². The number of nitrogens with one attached hydrogen (secondary N) is 1. The van der Waals surface area contributed by atoms with Gasteiger partial charge in [0.1, 0.15) is 4.90 Å². The van der Waals surface area contributed by atoms with Crippen molar-refractivity contribution in [3.8, 4) is 0 Å². The standard InChI is InChI=1S/C16H23ClN2O4S/c1-3-4-12(2)16(20)18-13-5-6-14(17)15(11-13)24(21,22)19-7-9-23-10-8-19/h5-6,11-12H,3-4,7-10H2,1-2H3,(H,18,20). The summed E-state index contributed by atoms with van der Waals surface area (Å²) in [7, 11) is -3.71. The molecule has 1 fully saturated rings. The van der Waals surface area contributed by atoms with Crippen LogP contribution < -0.4 is 5.32 Å². The second-order valence-corrected chi connectivity index (χ2v) is 8.15. The first-order chi connectivity index (χ1) is 11.4. The second kappa shape index (κ2) is 8.29. The molecule has 6 nitrogen and oxygen atoms in total. The van der Waals surface area contributed by atoms with E-state index in [0.29, 0.717) is 32.0 Å². The van der Waals surface area contributed by atoms with Crippen molar-refractivity contribution in [2.24, 2.45) is 5.92 Å². The Labute approximate surface area is 148 Å². The van der Waals surface area contributed by atoms with Gasteiger partial charge in [-0.25, -0.2) is 8.42 Å². The molecule has 0 saturated carbocycles. The molecule has 1 unspecified atom stereocenters. The first-order valence-electron chi connectivity index (χ1n) is 8.04. The van der Waals surface area contributed by atoms with Crippen molar-refractivity contribution in [2.45, 2.75) is 31.6 Å². The van der Waals surface area contributed by atoms with Gasteiger partial charge in [-0.05, 0) is 24.6 Å². The summed E-state index contributed by atoms with van der Waals surface area (Å²) in [5, 5.41) is 2.90. The van der Waals surface area contributed by atoms with E-state index in [-0.39, 0.29) is 21.7 Å². The number of benzene rings is 1. The highest BCUT2D eigenvalue weighted by atomic mass is 35.5. The van der Waals surface area contributed by atoms with Crippen LogP contribution in [0.5, 0.6) is 0 Å². The minimum Gasteiger partial charge on any atom is -0.379 e. The average molecular weight is 375 g/mol. The van der Waals surface area contributed by atoms with Crippen molar-refractivity contribution >= 4 is 33.2 Å². The highest BCUT2D eigenvalue weighted by molar-refractivity contribution is 7.89. The normalized spacial score (nSPS) is 17.5. The Kier molecular flexibility index (Phi) is 6.62. The van der Waals surface area contributed by atoms with Crippen LogP contribution in [0, 0.1) is 5.92 Å². The summed E-state index contributed by atoms with van der Waals surface area (Å²) in [6.07, 6.45) is 1.68. The maximum Gasteiger partial charge on any atom is 0.244 e. The predicted octanol–water partition coefficient (Wildman–Crippen LogP) is 2.74. The summed E-state index contributed by atoms with van der Waals surface area (Å²) in [6.45, 7) is 5.18. The molecule has 0 spiro atoms. The molecular weight excluding hydrogens is 352 g/mol. The zero-order chi connectivity index (χ0) is 17.7. The third-order valence-corrected chi connectivity index (χ3v) is 6.34. The first kappa shape index (κ1) is 19.2. The smallest absolute Gasteiger partial charge is 0.244 e. The highest BCUT2D eigenvalue weighted by Gasteiger charge is 2.28. The largest absolute Gasteiger partial charge is 0.379 e. The zero-order valence-electron chi connectivity index (χ0n) is 13.9. The number of hydrogen-bond donors (Lipinski definition) is 1. The molecule has 2 rings (SSSR count). The molecule has 24 heavy (non-hydrogen) atoms. The Balaban J connectivity index is 2.23. The number of anilines is 1. The van der Waals surface area contributed by atoms with Gasteiger partial charge < -0.3 is 10.1 Å². The number of hydrogen-bond acceptors (Lipinski definition) is 4. The van der Waals surface area contributed by atoms with Gasteiger partial charge in [-0.2, -0.15) is 4.31 Å². The van der Waals surface area contributed by atoms with Gasteiger partial charge in [-0.1, -0.05) is 31.9 Å². The molecular formula is C16H23ClN2O4S. The molecule has 134 valence electrons. The maximum atomic E-state index is 12.8. The summed E-state index contributed by atoms with van der Waals surface area (Å²) in [5.74, 6) is -0.265. The lowest BCUT2D eigenvalue weighted by Gasteiger charge is -2.26. The van der Waals surface area contributed by atoms with Gasteiger partial charge >= 0.3 is 0 Å². The number of amides is 1. The van der Waals surface area contributed by atoms with Crippen LogP contribution in [0.3, 0.4) is 0 Å². The summed E-state index contributed by atoms with van der Waals surface area (Å²) in [4.78, 5) is 12.1. The maximum absolute atomic E-state index is 12.8. The van der Waals surface area contributed by atoms with Crippen molar-refractivity contribution in [3.05, 3.63) is 23.2 Å². The molecule has 0 radical (unpaired) electrons. The summed E-state index contributed by atoms with van der Waals surface area (Å²) in [5.41, 5.74) is 0.430. The predicted molar refractivity (Wildman–Crippen MR) is 93.7 cm³/mol. The Bertz CT molecular complexity index is 687. The molecule has 1 aliphatic heterocycles. The fourth-order valence-electron chi connectivity index (χ4n) is 2.53. The first-order valence-corrected chi connectivity index (χ1v) is 9.86. The van der Waals surface area contributed by atoms with E-state index in [2.05, 4.69) is 5.32 Å². The lowest BCUT2D eigenvalue weighted by atomic mass is 10.1. The molecule has 0 bridgehead atoms. The number of rotatable bonds is 6. The molecule has 0 aromatic heterocycles. The fourth-order valence-corrected chi connectivity index (χ4v) is 4.44. The molecule has 1 aromatic carbocycles. The number of nitrogens with zero attached hydrogens (tertiary/aromatic N) is 1. The number of carbonyl (C=O) groups is 1. The third kappa shape index (κ3) is 4.47. The lowest BCUT2D eigenvalue weighted by molar-refractivity contribution is -0.119. The van der Waals surface area contributed by atoms with E-state index in [9.17, 15) is 13.2 Å². The molecule has 0 aliphatic carbocycles. The second-order valence-electron chi connectivity index (χ2n) is 5.84. The molecule has 1 heterocycles. The molecule has 8 heteroatoms. The van der Waals surface area contributed by atoms with Gasteiger partial charge in [0, 0.05) is 24.7 Å². The van der Waals surface area contributed by atoms with Gasteiger partial charge in [0.15, 0.2) is 0 Å². The molecule has 1 saturated heterocycles. The van der Waals surface area contributed by atoms with Gasteiger partial charge in [-0.3, -0.25) is 4.79 Å². The van der Waals surface area contributed by atoms with E-state index >= 15 is 0 Å². The topological polar surface area (TPSA) is 75.7 Å². The quantitative estimate of drug-likeness (QED) is 0.830. The average Bonchev–Trinajstić information content (AvgIpc) is 2.57. The van der Waals surface area contributed by atoms with Crippen molar-refractivity contribution < 1.29 is 17.9 Å². The molecule has 1 aliphatic rings. The summed E-state index contributed by atoms with van der Waals surface area (Å²) >= 11 is 6.10. The molecule has 1 atom stereocenters. The fraction of sp³-hybridized carbons (Fsp3) is 0.562. The van der Waals surface area contributed by atoms with Crippen LogP contribution >= 0.6 is 11.6 Å². The number of carbonyl (C=O) groups excluding carboxylic acids is 1. The SMILES string of the molecule is CCCC(C)C(=O)Nc1ccc(Cl)c(S(=O)(=O)N2CCOCC2)c1. The molecule has 1 N–H and O–H groups in total. The summed E-state index contributed by atoms with van der Waals surface area (Å²) in [6, 6.07) is 4.52. The Hall–Kier alpha value is -1.15. The van der Waals surface area contributed by atoms with Crippen LogP contribution in [0.2, 0.25) is 5.02 Å². The number of sulfonamides is 1. The van der Waals surface area contributed by atoms with Gasteiger partial charge in [0.2, 0.25) is 15.9 Å². The monoisotopic (exact) mass is 374 g/mol. The van der Waals surface area contributed by atoms with E-state index in [1.54, 1.807) is 6.07 Å². The van der Waals surface area contributed by atoms with Crippen molar-refractivity contribution in [2.75, 3.05) is 31.6 Å². The van der Waals surface area contributed by atoms with Crippen molar-refractivity contribution in [3.63, 3.8) is 0 Å². The Morgan fingerprint density at radius 2 is 2.04 bits per heavy atom.